The first-order valence-electron chi connectivity index (χ1n) is 10.1. The quantitative estimate of drug-likeness (QED) is 0.657. The van der Waals surface area contributed by atoms with Crippen molar-refractivity contribution in [2.75, 3.05) is 25.0 Å². The number of aromatic nitrogens is 1. The molecule has 0 unspecified atom stereocenters. The highest BCUT2D eigenvalue weighted by atomic mass is 32.2. The van der Waals surface area contributed by atoms with Crippen LogP contribution in [0.2, 0.25) is 0 Å². The Kier molecular flexibility index (Phi) is 6.80. The number of esters is 1. The van der Waals surface area contributed by atoms with Gasteiger partial charge in [0.2, 0.25) is 15.9 Å². The topological polar surface area (TPSA) is 109 Å². The van der Waals surface area contributed by atoms with Crippen LogP contribution >= 0.6 is 0 Å². The average Bonchev–Trinajstić information content (AvgIpc) is 3.03. The molecule has 0 spiro atoms. The number of hydrogen-bond acceptors (Lipinski definition) is 5. The van der Waals surface area contributed by atoms with Gasteiger partial charge < -0.3 is 15.0 Å². The summed E-state index contributed by atoms with van der Waals surface area (Å²) in [5, 5.41) is 2.65. The van der Waals surface area contributed by atoms with E-state index in [0.717, 1.165) is 0 Å². The van der Waals surface area contributed by atoms with Gasteiger partial charge in [0, 0.05) is 30.2 Å². The lowest BCUT2D eigenvalue weighted by molar-refractivity contribution is -0.120. The van der Waals surface area contributed by atoms with Crippen LogP contribution in [-0.4, -0.2) is 49.3 Å². The van der Waals surface area contributed by atoms with Crippen molar-refractivity contribution in [2.45, 2.75) is 38.5 Å². The van der Waals surface area contributed by atoms with E-state index in [-0.39, 0.29) is 36.1 Å². The number of aromatic amines is 1. The largest absolute Gasteiger partial charge is 0.462 e. The van der Waals surface area contributed by atoms with Gasteiger partial charge in [-0.05, 0) is 51.8 Å². The summed E-state index contributed by atoms with van der Waals surface area (Å²) in [6, 6.07) is 5.52. The van der Waals surface area contributed by atoms with E-state index in [9.17, 15) is 22.4 Å². The molecule has 1 aliphatic heterocycles. The van der Waals surface area contributed by atoms with Gasteiger partial charge in [-0.2, -0.15) is 4.31 Å². The molecule has 0 aliphatic carbocycles. The number of benzene rings is 1. The zero-order valence-corrected chi connectivity index (χ0v) is 18.5. The normalized spacial score (nSPS) is 17.4. The molecular weight excluding hydrogens is 425 g/mol. The van der Waals surface area contributed by atoms with Crippen LogP contribution < -0.4 is 5.32 Å². The van der Waals surface area contributed by atoms with E-state index in [2.05, 4.69) is 10.3 Å². The van der Waals surface area contributed by atoms with E-state index < -0.39 is 27.7 Å². The predicted molar refractivity (Wildman–Crippen MR) is 113 cm³/mol. The fraction of sp³-hybridized carbons (Fsp3) is 0.429. The van der Waals surface area contributed by atoms with E-state index in [4.69, 9.17) is 4.74 Å². The second-order valence-electron chi connectivity index (χ2n) is 7.50. The van der Waals surface area contributed by atoms with Gasteiger partial charge in [-0.15, -0.1) is 0 Å². The number of sulfonamides is 1. The van der Waals surface area contributed by atoms with E-state index in [1.165, 1.54) is 22.5 Å². The smallest absolute Gasteiger partial charge is 0.341 e. The van der Waals surface area contributed by atoms with Gasteiger partial charge in [0.1, 0.15) is 16.3 Å². The lowest BCUT2D eigenvalue weighted by Gasteiger charge is -2.31. The fourth-order valence-corrected chi connectivity index (χ4v) is 5.78. The Hall–Kier alpha value is -2.72. The highest BCUT2D eigenvalue weighted by Gasteiger charge is 2.38. The van der Waals surface area contributed by atoms with E-state index in [1.54, 1.807) is 26.8 Å². The zero-order valence-electron chi connectivity index (χ0n) is 17.7. The van der Waals surface area contributed by atoms with Crippen molar-refractivity contribution in [1.82, 2.24) is 9.29 Å². The number of hydrogen-bond donors (Lipinski definition) is 2. The Labute approximate surface area is 180 Å². The Morgan fingerprint density at radius 3 is 2.71 bits per heavy atom. The van der Waals surface area contributed by atoms with Crippen LogP contribution in [0.15, 0.2) is 29.2 Å². The molecule has 1 amide bonds. The van der Waals surface area contributed by atoms with Gasteiger partial charge >= 0.3 is 5.97 Å². The van der Waals surface area contributed by atoms with Crippen molar-refractivity contribution >= 4 is 27.6 Å². The Morgan fingerprint density at radius 2 is 2.03 bits per heavy atom. The summed E-state index contributed by atoms with van der Waals surface area (Å²) in [5.41, 5.74) is 1.05. The number of ether oxygens (including phenoxy) is 1. The third-order valence-electron chi connectivity index (χ3n) is 5.24. The molecule has 3 rings (SSSR count). The molecule has 1 atom stereocenters. The molecule has 10 heteroatoms. The summed E-state index contributed by atoms with van der Waals surface area (Å²) in [6.07, 6.45) is 0.987. The summed E-state index contributed by atoms with van der Waals surface area (Å²) in [7, 11) is -4.05. The number of aryl methyl sites for hydroxylation is 2. The van der Waals surface area contributed by atoms with Gasteiger partial charge in [-0.25, -0.2) is 17.6 Å². The molecule has 31 heavy (non-hydrogen) atoms. The number of nitrogens with one attached hydrogen (secondary N) is 2. The highest BCUT2D eigenvalue weighted by molar-refractivity contribution is 7.89. The molecule has 0 bridgehead atoms. The van der Waals surface area contributed by atoms with E-state index in [1.807, 2.05) is 0 Å². The van der Waals surface area contributed by atoms with Gasteiger partial charge in [0.05, 0.1) is 12.5 Å². The maximum Gasteiger partial charge on any atom is 0.341 e. The number of rotatable bonds is 6. The number of carbonyl (C=O) groups is 2. The number of halogens is 1. The summed E-state index contributed by atoms with van der Waals surface area (Å²) < 4.78 is 46.5. The first-order valence-corrected chi connectivity index (χ1v) is 11.5. The van der Waals surface area contributed by atoms with Crippen LogP contribution in [0.25, 0.3) is 0 Å². The van der Waals surface area contributed by atoms with Gasteiger partial charge in [-0.1, -0.05) is 6.07 Å². The van der Waals surface area contributed by atoms with Gasteiger partial charge in [0.15, 0.2) is 0 Å². The summed E-state index contributed by atoms with van der Waals surface area (Å²) in [6.45, 7) is 5.17. The molecule has 1 aromatic carbocycles. The number of amides is 1. The number of nitrogens with zero attached hydrogens (tertiary/aromatic N) is 1. The first-order chi connectivity index (χ1) is 14.6. The third kappa shape index (κ3) is 4.80. The van der Waals surface area contributed by atoms with Crippen LogP contribution in [0.3, 0.4) is 0 Å². The molecular formula is C21H26FN3O5S. The van der Waals surface area contributed by atoms with Crippen molar-refractivity contribution in [3.63, 3.8) is 0 Å². The highest BCUT2D eigenvalue weighted by Crippen LogP contribution is 2.31. The van der Waals surface area contributed by atoms with E-state index >= 15 is 0 Å². The maximum atomic E-state index is 13.4. The number of carbonyl (C=O) groups excluding carboxylic acids is 2. The molecule has 2 aromatic rings. The fourth-order valence-electron chi connectivity index (χ4n) is 3.84. The minimum atomic E-state index is -4.05. The summed E-state index contributed by atoms with van der Waals surface area (Å²) >= 11 is 0. The average molecular weight is 452 g/mol. The molecule has 1 saturated heterocycles. The zero-order chi connectivity index (χ0) is 22.8. The molecule has 0 saturated carbocycles. The Balaban J connectivity index is 1.84. The van der Waals surface area contributed by atoms with Crippen LogP contribution in [0.4, 0.5) is 10.1 Å². The van der Waals surface area contributed by atoms with Crippen molar-refractivity contribution in [1.29, 1.82) is 0 Å². The van der Waals surface area contributed by atoms with Crippen LogP contribution in [0.5, 0.6) is 0 Å². The lowest BCUT2D eigenvalue weighted by atomic mass is 9.99. The second kappa shape index (κ2) is 9.19. The monoisotopic (exact) mass is 451 g/mol. The second-order valence-corrected chi connectivity index (χ2v) is 9.38. The first kappa shape index (κ1) is 23.0. The summed E-state index contributed by atoms with van der Waals surface area (Å²) in [5.74, 6) is -2.16. The van der Waals surface area contributed by atoms with Crippen molar-refractivity contribution in [3.8, 4) is 0 Å². The van der Waals surface area contributed by atoms with Gasteiger partial charge in [-0.3, -0.25) is 4.79 Å². The summed E-state index contributed by atoms with van der Waals surface area (Å²) in [4.78, 5) is 27.9. The maximum absolute atomic E-state index is 13.4. The Bertz CT molecular complexity index is 1100. The molecule has 168 valence electrons. The van der Waals surface area contributed by atoms with E-state index in [0.29, 0.717) is 29.9 Å². The number of anilines is 1. The molecule has 8 nitrogen and oxygen atoms in total. The van der Waals surface area contributed by atoms with Crippen molar-refractivity contribution in [3.05, 3.63) is 47.0 Å². The number of piperidine rings is 1. The standard InChI is InChI=1S/C21H26FN3O5S/c1-4-30-21(27)18-13(2)23-14(3)19(18)31(28,29)25-10-6-7-15(12-25)20(26)24-17-9-5-8-16(22)11-17/h5,8-9,11,15,23H,4,6-7,10,12H2,1-3H3,(H,24,26)/t15-/m0/s1. The van der Waals surface area contributed by atoms with Crippen molar-refractivity contribution < 1.29 is 27.1 Å². The Morgan fingerprint density at radius 1 is 1.29 bits per heavy atom. The lowest BCUT2D eigenvalue weighted by Crippen LogP contribution is -2.44. The molecule has 1 aromatic heterocycles. The van der Waals surface area contributed by atoms with Crippen LogP contribution in [0, 0.1) is 25.6 Å². The SMILES string of the molecule is CCOC(=O)c1c(C)[nH]c(C)c1S(=O)(=O)N1CCC[C@H](C(=O)Nc2cccc(F)c2)C1. The third-order valence-corrected chi connectivity index (χ3v) is 7.28. The van der Waals surface area contributed by atoms with Crippen LogP contribution in [-0.2, 0) is 19.6 Å². The minimum Gasteiger partial charge on any atom is -0.462 e. The molecule has 1 fully saturated rings. The molecule has 1 aliphatic rings. The van der Waals surface area contributed by atoms with Crippen molar-refractivity contribution in [2.24, 2.45) is 5.92 Å². The molecule has 2 N–H and O–H groups in total. The molecule has 0 radical (unpaired) electrons. The van der Waals surface area contributed by atoms with Crippen LogP contribution in [0.1, 0.15) is 41.5 Å². The van der Waals surface area contributed by atoms with Gasteiger partial charge in [0.25, 0.3) is 0 Å². The predicted octanol–water partition coefficient (Wildman–Crippen LogP) is 2.99. The minimum absolute atomic E-state index is 0.00862. The molecule has 2 heterocycles. The number of H-pyrrole nitrogens is 1.